The van der Waals surface area contributed by atoms with E-state index in [9.17, 15) is 18.0 Å². The third-order valence-electron chi connectivity index (χ3n) is 3.09. The van der Waals surface area contributed by atoms with Gasteiger partial charge in [-0.05, 0) is 37.1 Å². The average molecular weight is 297 g/mol. The fourth-order valence-electron chi connectivity index (χ4n) is 1.88. The standard InChI is InChI=1S/C12H15N3O4S/c1-7-6-8(2-3-9(7)13)20(18,19)15-10-4-5-11(16)14-12(10)17/h2-3,6,10,15H,4-5,13H2,1H3,(H,14,16,17). The molecule has 4 N–H and O–H groups in total. The lowest BCUT2D eigenvalue weighted by Gasteiger charge is -2.21. The molecule has 1 saturated heterocycles. The average Bonchev–Trinajstić information content (AvgIpc) is 2.36. The van der Waals surface area contributed by atoms with Crippen molar-refractivity contribution < 1.29 is 18.0 Å². The molecule has 0 aromatic heterocycles. The third-order valence-corrected chi connectivity index (χ3v) is 4.56. The molecule has 0 radical (unpaired) electrons. The molecule has 1 aliphatic heterocycles. The zero-order valence-electron chi connectivity index (χ0n) is 10.8. The first-order valence-corrected chi connectivity index (χ1v) is 7.50. The molecular formula is C12H15N3O4S. The van der Waals surface area contributed by atoms with Crippen LogP contribution in [0.5, 0.6) is 0 Å². The van der Waals surface area contributed by atoms with Crippen LogP contribution in [0.25, 0.3) is 0 Å². The summed E-state index contributed by atoms with van der Waals surface area (Å²) in [7, 11) is -3.83. The molecule has 1 aromatic carbocycles. The molecule has 0 bridgehead atoms. The quantitative estimate of drug-likeness (QED) is 0.521. The summed E-state index contributed by atoms with van der Waals surface area (Å²) in [6.07, 6.45) is 0.261. The van der Waals surface area contributed by atoms with E-state index in [1.807, 2.05) is 0 Å². The van der Waals surface area contributed by atoms with Crippen molar-refractivity contribution in [3.05, 3.63) is 23.8 Å². The Kier molecular flexibility index (Phi) is 3.78. The van der Waals surface area contributed by atoms with Crippen molar-refractivity contribution in [2.45, 2.75) is 30.7 Å². The minimum atomic E-state index is -3.83. The number of piperidine rings is 1. The number of nitrogens with one attached hydrogen (secondary N) is 2. The minimum absolute atomic E-state index is 0.0360. The van der Waals surface area contributed by atoms with Crippen molar-refractivity contribution in [3.8, 4) is 0 Å². The number of rotatable bonds is 3. The molecule has 1 aliphatic rings. The van der Waals surface area contributed by atoms with Gasteiger partial charge < -0.3 is 5.73 Å². The van der Waals surface area contributed by atoms with Gasteiger partial charge in [-0.3, -0.25) is 14.9 Å². The Morgan fingerprint density at radius 1 is 1.35 bits per heavy atom. The summed E-state index contributed by atoms with van der Waals surface area (Å²) in [6, 6.07) is 3.37. The number of carbonyl (C=O) groups is 2. The topological polar surface area (TPSA) is 118 Å². The van der Waals surface area contributed by atoms with Crippen molar-refractivity contribution >= 4 is 27.5 Å². The highest BCUT2D eigenvalue weighted by atomic mass is 32.2. The van der Waals surface area contributed by atoms with Crippen LogP contribution in [0.2, 0.25) is 0 Å². The summed E-state index contributed by atoms with van der Waals surface area (Å²) in [5.41, 5.74) is 6.76. The number of nitrogen functional groups attached to an aromatic ring is 1. The van der Waals surface area contributed by atoms with Crippen molar-refractivity contribution in [1.82, 2.24) is 10.0 Å². The number of anilines is 1. The van der Waals surface area contributed by atoms with Crippen LogP contribution in [0.1, 0.15) is 18.4 Å². The molecule has 1 atom stereocenters. The summed E-state index contributed by atoms with van der Waals surface area (Å²) in [5.74, 6) is -1.02. The number of hydrogen-bond donors (Lipinski definition) is 3. The fourth-order valence-corrected chi connectivity index (χ4v) is 3.19. The number of aryl methyl sites for hydroxylation is 1. The third kappa shape index (κ3) is 2.97. The molecule has 7 nitrogen and oxygen atoms in total. The van der Waals surface area contributed by atoms with Crippen LogP contribution in [-0.4, -0.2) is 26.3 Å². The van der Waals surface area contributed by atoms with Crippen molar-refractivity contribution in [3.63, 3.8) is 0 Å². The molecule has 1 fully saturated rings. The van der Waals surface area contributed by atoms with Crippen LogP contribution in [0.3, 0.4) is 0 Å². The first kappa shape index (κ1) is 14.5. The van der Waals surface area contributed by atoms with Crippen molar-refractivity contribution in [2.24, 2.45) is 0 Å². The summed E-state index contributed by atoms with van der Waals surface area (Å²) >= 11 is 0. The highest BCUT2D eigenvalue weighted by molar-refractivity contribution is 7.89. The molecule has 1 unspecified atom stereocenters. The lowest BCUT2D eigenvalue weighted by atomic mass is 10.1. The van der Waals surface area contributed by atoms with Gasteiger partial charge in [-0.2, -0.15) is 4.72 Å². The minimum Gasteiger partial charge on any atom is -0.399 e. The molecule has 2 rings (SSSR count). The summed E-state index contributed by atoms with van der Waals surface area (Å²) < 4.78 is 26.6. The van der Waals surface area contributed by atoms with Gasteiger partial charge in [-0.25, -0.2) is 8.42 Å². The van der Waals surface area contributed by atoms with Crippen LogP contribution in [-0.2, 0) is 19.6 Å². The second kappa shape index (κ2) is 5.22. The maximum Gasteiger partial charge on any atom is 0.244 e. The molecule has 1 aromatic rings. The van der Waals surface area contributed by atoms with Crippen molar-refractivity contribution in [1.29, 1.82) is 0 Å². The van der Waals surface area contributed by atoms with Gasteiger partial charge in [0.05, 0.1) is 4.90 Å². The zero-order chi connectivity index (χ0) is 14.9. The SMILES string of the molecule is Cc1cc(S(=O)(=O)NC2CCC(=O)NC2=O)ccc1N. The first-order valence-electron chi connectivity index (χ1n) is 6.02. The van der Waals surface area contributed by atoms with Crippen LogP contribution in [0, 0.1) is 6.92 Å². The van der Waals surface area contributed by atoms with Gasteiger partial charge in [0.2, 0.25) is 21.8 Å². The lowest BCUT2D eigenvalue weighted by molar-refractivity contribution is -0.134. The molecule has 8 heteroatoms. The molecule has 0 saturated carbocycles. The Hall–Kier alpha value is -1.93. The van der Waals surface area contributed by atoms with E-state index in [2.05, 4.69) is 10.0 Å². The highest BCUT2D eigenvalue weighted by Gasteiger charge is 2.30. The Labute approximate surface area is 116 Å². The Balaban J connectivity index is 2.21. The normalized spacial score (nSPS) is 19.8. The van der Waals surface area contributed by atoms with E-state index in [1.54, 1.807) is 6.92 Å². The monoisotopic (exact) mass is 297 g/mol. The molecule has 20 heavy (non-hydrogen) atoms. The molecule has 0 aliphatic carbocycles. The molecule has 108 valence electrons. The maximum atomic E-state index is 12.2. The molecule has 1 heterocycles. The van der Waals surface area contributed by atoms with E-state index in [4.69, 9.17) is 5.73 Å². The number of sulfonamides is 1. The lowest BCUT2D eigenvalue weighted by Crippen LogP contribution is -2.52. The summed E-state index contributed by atoms with van der Waals surface area (Å²) in [6.45, 7) is 1.69. The maximum absolute atomic E-state index is 12.2. The Morgan fingerprint density at radius 2 is 2.05 bits per heavy atom. The summed E-state index contributed by atoms with van der Waals surface area (Å²) in [5, 5.41) is 2.10. The van der Waals surface area contributed by atoms with E-state index in [1.165, 1.54) is 18.2 Å². The van der Waals surface area contributed by atoms with E-state index in [0.717, 1.165) is 0 Å². The van der Waals surface area contributed by atoms with Gasteiger partial charge in [0.15, 0.2) is 0 Å². The molecule has 2 amide bonds. The second-order valence-electron chi connectivity index (χ2n) is 4.64. The smallest absolute Gasteiger partial charge is 0.244 e. The van der Waals surface area contributed by atoms with Crippen LogP contribution in [0.15, 0.2) is 23.1 Å². The van der Waals surface area contributed by atoms with Gasteiger partial charge in [0.25, 0.3) is 0 Å². The predicted molar refractivity (Wildman–Crippen MR) is 72.1 cm³/mol. The van der Waals surface area contributed by atoms with Gasteiger partial charge >= 0.3 is 0 Å². The Morgan fingerprint density at radius 3 is 2.65 bits per heavy atom. The molecular weight excluding hydrogens is 282 g/mol. The largest absolute Gasteiger partial charge is 0.399 e. The van der Waals surface area contributed by atoms with Crippen LogP contribution in [0.4, 0.5) is 5.69 Å². The number of benzene rings is 1. The van der Waals surface area contributed by atoms with E-state index in [0.29, 0.717) is 11.3 Å². The van der Waals surface area contributed by atoms with E-state index in [-0.39, 0.29) is 17.7 Å². The number of nitrogens with two attached hydrogens (primary N) is 1. The van der Waals surface area contributed by atoms with Gasteiger partial charge in [0.1, 0.15) is 6.04 Å². The second-order valence-corrected chi connectivity index (χ2v) is 6.36. The number of hydrogen-bond acceptors (Lipinski definition) is 5. The van der Waals surface area contributed by atoms with Crippen molar-refractivity contribution in [2.75, 3.05) is 5.73 Å². The predicted octanol–water partition coefficient (Wildman–Crippen LogP) is -0.339. The number of amides is 2. The van der Waals surface area contributed by atoms with Gasteiger partial charge in [-0.15, -0.1) is 0 Å². The zero-order valence-corrected chi connectivity index (χ0v) is 11.7. The molecule has 0 spiro atoms. The van der Waals surface area contributed by atoms with Crippen LogP contribution >= 0.6 is 0 Å². The van der Waals surface area contributed by atoms with E-state index >= 15 is 0 Å². The van der Waals surface area contributed by atoms with Gasteiger partial charge in [0, 0.05) is 12.1 Å². The van der Waals surface area contributed by atoms with Crippen LogP contribution < -0.4 is 15.8 Å². The highest BCUT2D eigenvalue weighted by Crippen LogP contribution is 2.18. The van der Waals surface area contributed by atoms with E-state index < -0.39 is 27.9 Å². The fraction of sp³-hybridized carbons (Fsp3) is 0.333. The number of imide groups is 1. The Bertz CT molecular complexity index is 669. The van der Waals surface area contributed by atoms with Gasteiger partial charge in [-0.1, -0.05) is 0 Å². The number of carbonyl (C=O) groups excluding carboxylic acids is 2. The first-order chi connectivity index (χ1) is 9.29. The summed E-state index contributed by atoms with van der Waals surface area (Å²) in [4.78, 5) is 22.6.